The van der Waals surface area contributed by atoms with E-state index in [1.807, 2.05) is 29.7 Å². The van der Waals surface area contributed by atoms with Gasteiger partial charge in [0.15, 0.2) is 4.80 Å². The predicted molar refractivity (Wildman–Crippen MR) is 89.6 cm³/mol. The number of esters is 1. The number of nitrogens with zero attached hydrogens (tertiary/aromatic N) is 2. The summed E-state index contributed by atoms with van der Waals surface area (Å²) in [6.45, 7) is 2.38. The lowest BCUT2D eigenvalue weighted by atomic mass is 10.3. The van der Waals surface area contributed by atoms with Crippen molar-refractivity contribution in [3.05, 3.63) is 27.5 Å². The Morgan fingerprint density at radius 3 is 2.82 bits per heavy atom. The van der Waals surface area contributed by atoms with Crippen LogP contribution in [-0.2, 0) is 20.9 Å². The Bertz CT molecular complexity index is 764. The van der Waals surface area contributed by atoms with Gasteiger partial charge >= 0.3 is 5.97 Å². The maximum absolute atomic E-state index is 11.8. The summed E-state index contributed by atoms with van der Waals surface area (Å²) in [6, 6.07) is 5.87. The molecular weight excluding hydrogens is 368 g/mol. The van der Waals surface area contributed by atoms with Crippen molar-refractivity contribution in [3.8, 4) is 0 Å². The van der Waals surface area contributed by atoms with Gasteiger partial charge in [0, 0.05) is 17.4 Å². The first-order valence-corrected chi connectivity index (χ1v) is 8.59. The Kier molecular flexibility index (Phi) is 5.90. The fraction of sp³-hybridized carbons (Fsp3) is 0.400. The Hall–Kier alpha value is -1.47. The Labute approximate surface area is 140 Å². The van der Waals surface area contributed by atoms with Gasteiger partial charge in [-0.2, -0.15) is 4.99 Å². The van der Waals surface area contributed by atoms with Crippen LogP contribution in [0.2, 0.25) is 0 Å². The summed E-state index contributed by atoms with van der Waals surface area (Å²) in [5.74, 6) is -0.422. The summed E-state index contributed by atoms with van der Waals surface area (Å²) in [4.78, 5) is 28.0. The fourth-order valence-electron chi connectivity index (χ4n) is 2.03. The van der Waals surface area contributed by atoms with Crippen LogP contribution in [0.1, 0.15) is 26.2 Å². The van der Waals surface area contributed by atoms with Crippen molar-refractivity contribution < 1.29 is 14.3 Å². The van der Waals surface area contributed by atoms with Gasteiger partial charge in [-0.3, -0.25) is 9.59 Å². The van der Waals surface area contributed by atoms with E-state index in [1.54, 1.807) is 0 Å². The molecular formula is C15H17BrN2O3S. The molecule has 1 aromatic heterocycles. The zero-order valence-electron chi connectivity index (χ0n) is 12.5. The van der Waals surface area contributed by atoms with Crippen molar-refractivity contribution in [1.82, 2.24) is 4.57 Å². The number of amides is 1. The lowest BCUT2D eigenvalue weighted by Crippen LogP contribution is -2.19. The number of thiazole rings is 1. The first-order valence-electron chi connectivity index (χ1n) is 6.98. The number of rotatable bonds is 5. The van der Waals surface area contributed by atoms with Gasteiger partial charge in [-0.1, -0.05) is 34.2 Å². The fourth-order valence-corrected chi connectivity index (χ4v) is 3.66. The minimum absolute atomic E-state index is 0.139. The standard InChI is InChI=1S/C15H17BrN2O3S/c1-3-4-13(19)17-15-18(8-7-14(20)21-2)11-6-5-10(16)9-12(11)22-15/h5-6,9H,3-4,7-8H2,1-2H3. The number of aryl methyl sites for hydroxylation is 1. The molecule has 22 heavy (non-hydrogen) atoms. The first-order chi connectivity index (χ1) is 10.5. The van der Waals surface area contributed by atoms with Gasteiger partial charge < -0.3 is 9.30 Å². The molecule has 0 spiro atoms. The molecule has 0 radical (unpaired) electrons. The summed E-state index contributed by atoms with van der Waals surface area (Å²) in [7, 11) is 1.37. The topological polar surface area (TPSA) is 60.7 Å². The van der Waals surface area contributed by atoms with Crippen molar-refractivity contribution in [2.45, 2.75) is 32.7 Å². The molecule has 0 saturated carbocycles. The molecule has 1 heterocycles. The van der Waals surface area contributed by atoms with Gasteiger partial charge in [0.1, 0.15) is 0 Å². The summed E-state index contributed by atoms with van der Waals surface area (Å²) < 4.78 is 8.57. The van der Waals surface area contributed by atoms with E-state index in [0.29, 0.717) is 17.8 Å². The lowest BCUT2D eigenvalue weighted by molar-refractivity contribution is -0.140. The van der Waals surface area contributed by atoms with E-state index in [2.05, 4.69) is 25.7 Å². The molecule has 1 aromatic carbocycles. The number of halogens is 1. The molecule has 0 bridgehead atoms. The SMILES string of the molecule is CCCC(=O)N=c1sc2cc(Br)ccc2n1CCC(=O)OC. The van der Waals surface area contributed by atoms with Crippen LogP contribution in [0.25, 0.3) is 10.2 Å². The number of methoxy groups -OCH3 is 1. The van der Waals surface area contributed by atoms with E-state index in [9.17, 15) is 9.59 Å². The monoisotopic (exact) mass is 384 g/mol. The number of carbonyl (C=O) groups is 2. The molecule has 7 heteroatoms. The van der Waals surface area contributed by atoms with Crippen molar-refractivity contribution in [1.29, 1.82) is 0 Å². The maximum Gasteiger partial charge on any atom is 0.307 e. The second kappa shape index (κ2) is 7.69. The van der Waals surface area contributed by atoms with E-state index in [-0.39, 0.29) is 18.3 Å². The van der Waals surface area contributed by atoms with Crippen LogP contribution in [-0.4, -0.2) is 23.6 Å². The van der Waals surface area contributed by atoms with Crippen LogP contribution in [0, 0.1) is 0 Å². The van der Waals surface area contributed by atoms with Gasteiger partial charge in [0.05, 0.1) is 23.7 Å². The molecule has 2 aromatic rings. The molecule has 0 aliphatic rings. The third-order valence-corrected chi connectivity index (χ3v) is 4.63. The minimum Gasteiger partial charge on any atom is -0.469 e. The zero-order valence-corrected chi connectivity index (χ0v) is 14.9. The summed E-state index contributed by atoms with van der Waals surface area (Å²) >= 11 is 4.89. The third-order valence-electron chi connectivity index (χ3n) is 3.10. The normalized spacial score (nSPS) is 11.9. The van der Waals surface area contributed by atoms with Crippen molar-refractivity contribution in [2.24, 2.45) is 4.99 Å². The van der Waals surface area contributed by atoms with Gasteiger partial charge in [-0.15, -0.1) is 0 Å². The first kappa shape index (κ1) is 16.9. The highest BCUT2D eigenvalue weighted by atomic mass is 79.9. The van der Waals surface area contributed by atoms with Crippen molar-refractivity contribution in [3.63, 3.8) is 0 Å². The molecule has 0 unspecified atom stereocenters. The van der Waals surface area contributed by atoms with Gasteiger partial charge in [-0.05, 0) is 24.6 Å². The average molecular weight is 385 g/mol. The highest BCUT2D eigenvalue weighted by molar-refractivity contribution is 9.10. The lowest BCUT2D eigenvalue weighted by Gasteiger charge is -2.04. The summed E-state index contributed by atoms with van der Waals surface area (Å²) in [5, 5.41) is 0. The molecule has 2 rings (SSSR count). The third kappa shape index (κ3) is 4.04. The van der Waals surface area contributed by atoms with Gasteiger partial charge in [-0.25, -0.2) is 0 Å². The van der Waals surface area contributed by atoms with Crippen molar-refractivity contribution >= 4 is 49.4 Å². The van der Waals surface area contributed by atoms with E-state index >= 15 is 0 Å². The second-order valence-corrected chi connectivity index (χ2v) is 6.65. The number of carbonyl (C=O) groups excluding carboxylic acids is 2. The highest BCUT2D eigenvalue weighted by Crippen LogP contribution is 2.22. The Morgan fingerprint density at radius 2 is 2.14 bits per heavy atom. The number of benzene rings is 1. The van der Waals surface area contributed by atoms with Crippen LogP contribution < -0.4 is 4.80 Å². The molecule has 0 atom stereocenters. The predicted octanol–water partition coefficient (Wildman–Crippen LogP) is 3.26. The number of fused-ring (bicyclic) bond motifs is 1. The minimum atomic E-state index is -0.283. The van der Waals surface area contributed by atoms with Gasteiger partial charge in [0.25, 0.3) is 0 Å². The maximum atomic E-state index is 11.8. The van der Waals surface area contributed by atoms with Crippen LogP contribution in [0.4, 0.5) is 0 Å². The van der Waals surface area contributed by atoms with Crippen molar-refractivity contribution in [2.75, 3.05) is 7.11 Å². The van der Waals surface area contributed by atoms with E-state index in [4.69, 9.17) is 0 Å². The molecule has 0 N–H and O–H groups in total. The van der Waals surface area contributed by atoms with Crippen LogP contribution in [0.3, 0.4) is 0 Å². The molecule has 5 nitrogen and oxygen atoms in total. The number of aromatic nitrogens is 1. The summed E-state index contributed by atoms with van der Waals surface area (Å²) in [6.07, 6.45) is 1.43. The summed E-state index contributed by atoms with van der Waals surface area (Å²) in [5.41, 5.74) is 0.958. The van der Waals surface area contributed by atoms with Crippen LogP contribution in [0.15, 0.2) is 27.7 Å². The van der Waals surface area contributed by atoms with Crippen LogP contribution in [0.5, 0.6) is 0 Å². The number of hydrogen-bond donors (Lipinski definition) is 0. The Morgan fingerprint density at radius 1 is 1.36 bits per heavy atom. The highest BCUT2D eigenvalue weighted by Gasteiger charge is 2.10. The average Bonchev–Trinajstić information content (AvgIpc) is 2.81. The smallest absolute Gasteiger partial charge is 0.307 e. The molecule has 1 amide bonds. The van der Waals surface area contributed by atoms with E-state index in [1.165, 1.54) is 18.4 Å². The molecule has 0 fully saturated rings. The van der Waals surface area contributed by atoms with Gasteiger partial charge in [0.2, 0.25) is 5.91 Å². The number of hydrogen-bond acceptors (Lipinski definition) is 4. The largest absolute Gasteiger partial charge is 0.469 e. The van der Waals surface area contributed by atoms with E-state index in [0.717, 1.165) is 21.1 Å². The molecule has 118 valence electrons. The second-order valence-electron chi connectivity index (χ2n) is 4.73. The zero-order chi connectivity index (χ0) is 16.1. The molecule has 0 saturated heterocycles. The van der Waals surface area contributed by atoms with E-state index < -0.39 is 0 Å². The molecule has 0 aliphatic heterocycles. The molecule has 0 aliphatic carbocycles. The number of ether oxygens (including phenoxy) is 1. The Balaban J connectivity index is 2.48. The van der Waals surface area contributed by atoms with Crippen LogP contribution >= 0.6 is 27.3 Å². The quantitative estimate of drug-likeness (QED) is 0.743.